The van der Waals surface area contributed by atoms with E-state index in [1.54, 1.807) is 38.1 Å². The molecule has 0 saturated carbocycles. The third kappa shape index (κ3) is 4.48. The first-order chi connectivity index (χ1) is 12.8. The molecule has 0 aliphatic heterocycles. The highest BCUT2D eigenvalue weighted by Gasteiger charge is 2.23. The Morgan fingerprint density at radius 1 is 1.19 bits per heavy atom. The number of ketones is 1. The van der Waals surface area contributed by atoms with Crippen molar-refractivity contribution in [2.45, 2.75) is 13.0 Å². The summed E-state index contributed by atoms with van der Waals surface area (Å²) in [5, 5.41) is 14.1. The minimum atomic E-state index is -0.534. The van der Waals surface area contributed by atoms with E-state index in [4.69, 9.17) is 5.73 Å². The van der Waals surface area contributed by atoms with E-state index in [0.29, 0.717) is 5.69 Å². The number of benzene rings is 2. The highest BCUT2D eigenvalue weighted by molar-refractivity contribution is 6.15. The summed E-state index contributed by atoms with van der Waals surface area (Å²) < 4.78 is 0. The van der Waals surface area contributed by atoms with Gasteiger partial charge < -0.3 is 16.0 Å². The summed E-state index contributed by atoms with van der Waals surface area (Å²) in [5.74, 6) is -0.883. The number of nitro benzene ring substituents is 1. The van der Waals surface area contributed by atoms with Crippen molar-refractivity contribution < 1.29 is 14.5 Å². The Bertz CT molecular complexity index is 880. The van der Waals surface area contributed by atoms with Crippen LogP contribution < -0.4 is 16.0 Å². The lowest BCUT2D eigenvalue weighted by molar-refractivity contribution is -0.384. The van der Waals surface area contributed by atoms with Gasteiger partial charge in [0.25, 0.3) is 11.6 Å². The first kappa shape index (κ1) is 20.1. The third-order valence-electron chi connectivity index (χ3n) is 4.06. The minimum absolute atomic E-state index is 0.138. The second-order valence-electron chi connectivity index (χ2n) is 6.34. The lowest BCUT2D eigenvalue weighted by Gasteiger charge is -2.15. The number of nitro groups is 1. The van der Waals surface area contributed by atoms with Crippen LogP contribution in [0.15, 0.2) is 42.5 Å². The van der Waals surface area contributed by atoms with Crippen molar-refractivity contribution in [1.82, 2.24) is 5.32 Å². The van der Waals surface area contributed by atoms with Crippen molar-refractivity contribution in [2.24, 2.45) is 5.73 Å². The van der Waals surface area contributed by atoms with E-state index in [2.05, 4.69) is 5.32 Å². The van der Waals surface area contributed by atoms with E-state index < -0.39 is 16.6 Å². The highest BCUT2D eigenvalue weighted by Crippen LogP contribution is 2.29. The molecule has 0 bridgehead atoms. The number of nitrogens with one attached hydrogen (secondary N) is 1. The van der Waals surface area contributed by atoms with E-state index in [9.17, 15) is 19.7 Å². The van der Waals surface area contributed by atoms with Gasteiger partial charge in [0.1, 0.15) is 5.69 Å². The van der Waals surface area contributed by atoms with Gasteiger partial charge in [-0.15, -0.1) is 0 Å². The molecule has 27 heavy (non-hydrogen) atoms. The molecule has 8 heteroatoms. The lowest BCUT2D eigenvalue weighted by atomic mass is 9.97. The Morgan fingerprint density at radius 3 is 2.37 bits per heavy atom. The quantitative estimate of drug-likeness (QED) is 0.437. The molecule has 2 aromatic carbocycles. The van der Waals surface area contributed by atoms with Gasteiger partial charge in [0.15, 0.2) is 5.78 Å². The summed E-state index contributed by atoms with van der Waals surface area (Å²) in [6, 6.07) is 10.4. The molecule has 2 rings (SSSR count). The molecule has 0 aliphatic carbocycles. The van der Waals surface area contributed by atoms with Crippen molar-refractivity contribution in [3.63, 3.8) is 0 Å². The summed E-state index contributed by atoms with van der Waals surface area (Å²) in [7, 11) is 3.37. The van der Waals surface area contributed by atoms with Crippen LogP contribution in [0.4, 0.5) is 11.4 Å². The van der Waals surface area contributed by atoms with Crippen molar-refractivity contribution in [3.05, 3.63) is 69.3 Å². The maximum atomic E-state index is 12.9. The van der Waals surface area contributed by atoms with Crippen LogP contribution in [0.3, 0.4) is 0 Å². The van der Waals surface area contributed by atoms with Gasteiger partial charge in [-0.3, -0.25) is 19.7 Å². The predicted octanol–water partition coefficient (Wildman–Crippen LogP) is 1.97. The standard InChI is InChI=1S/C19H22N4O4/c1-12(11-20)21-19(25)15-7-5-4-6-14(15)18(24)13-8-9-16(22(2)3)17(10-13)23(26)27/h4-10,12H,11,20H2,1-3H3,(H,21,25)/t12-/m0/s1. The van der Waals surface area contributed by atoms with Crippen LogP contribution >= 0.6 is 0 Å². The SMILES string of the molecule is C[C@@H](CN)NC(=O)c1ccccc1C(=O)c1ccc(N(C)C)c([N+](=O)[O-])c1. The van der Waals surface area contributed by atoms with Crippen molar-refractivity contribution >= 4 is 23.1 Å². The van der Waals surface area contributed by atoms with Crippen LogP contribution in [-0.2, 0) is 0 Å². The van der Waals surface area contributed by atoms with Gasteiger partial charge >= 0.3 is 0 Å². The zero-order valence-electron chi connectivity index (χ0n) is 15.4. The number of carbonyl (C=O) groups is 2. The van der Waals surface area contributed by atoms with Crippen LogP contribution in [-0.4, -0.2) is 43.3 Å². The largest absolute Gasteiger partial charge is 0.372 e. The van der Waals surface area contributed by atoms with Crippen molar-refractivity contribution in [1.29, 1.82) is 0 Å². The first-order valence-corrected chi connectivity index (χ1v) is 8.36. The third-order valence-corrected chi connectivity index (χ3v) is 4.06. The summed E-state index contributed by atoms with van der Waals surface area (Å²) in [6.07, 6.45) is 0. The van der Waals surface area contributed by atoms with Gasteiger partial charge in [0.05, 0.1) is 10.5 Å². The predicted molar refractivity (Wildman–Crippen MR) is 103 cm³/mol. The monoisotopic (exact) mass is 370 g/mol. The highest BCUT2D eigenvalue weighted by atomic mass is 16.6. The summed E-state index contributed by atoms with van der Waals surface area (Å²) in [6.45, 7) is 2.02. The molecule has 0 aliphatic rings. The van der Waals surface area contributed by atoms with Gasteiger partial charge in [-0.1, -0.05) is 18.2 Å². The topological polar surface area (TPSA) is 119 Å². The molecule has 0 saturated heterocycles. The zero-order chi connectivity index (χ0) is 20.1. The normalized spacial score (nSPS) is 11.6. The smallest absolute Gasteiger partial charge is 0.293 e. The Hall–Kier alpha value is -3.26. The molecular formula is C19H22N4O4. The van der Waals surface area contributed by atoms with Gasteiger partial charge in [0, 0.05) is 43.9 Å². The molecule has 8 nitrogen and oxygen atoms in total. The maximum Gasteiger partial charge on any atom is 0.293 e. The van der Waals surface area contributed by atoms with E-state index in [-0.39, 0.29) is 35.0 Å². The summed E-state index contributed by atoms with van der Waals surface area (Å²) in [4.78, 5) is 37.8. The molecule has 1 atom stereocenters. The molecule has 0 aromatic heterocycles. The zero-order valence-corrected chi connectivity index (χ0v) is 15.4. The van der Waals surface area contributed by atoms with Gasteiger partial charge in [-0.25, -0.2) is 0 Å². The fourth-order valence-corrected chi connectivity index (χ4v) is 2.58. The fourth-order valence-electron chi connectivity index (χ4n) is 2.58. The van der Waals surface area contributed by atoms with E-state index in [1.807, 2.05) is 0 Å². The molecule has 0 radical (unpaired) electrons. The van der Waals surface area contributed by atoms with Gasteiger partial charge in [0.2, 0.25) is 0 Å². The first-order valence-electron chi connectivity index (χ1n) is 8.36. The van der Waals surface area contributed by atoms with E-state index in [1.165, 1.54) is 30.3 Å². The Kier molecular flexibility index (Phi) is 6.25. The number of anilines is 1. The lowest BCUT2D eigenvalue weighted by Crippen LogP contribution is -2.38. The number of hydrogen-bond acceptors (Lipinski definition) is 6. The molecule has 1 amide bonds. The Balaban J connectivity index is 2.46. The van der Waals surface area contributed by atoms with Crippen LogP contribution in [0.1, 0.15) is 33.2 Å². The summed E-state index contributed by atoms with van der Waals surface area (Å²) >= 11 is 0. The number of nitrogens with two attached hydrogens (primary N) is 1. The number of rotatable bonds is 7. The Morgan fingerprint density at radius 2 is 1.81 bits per heavy atom. The number of carbonyl (C=O) groups excluding carboxylic acids is 2. The van der Waals surface area contributed by atoms with Crippen LogP contribution in [0, 0.1) is 10.1 Å². The molecule has 2 aromatic rings. The fraction of sp³-hybridized carbons (Fsp3) is 0.263. The molecule has 0 spiro atoms. The van der Waals surface area contributed by atoms with Crippen molar-refractivity contribution in [2.75, 3.05) is 25.5 Å². The molecule has 142 valence electrons. The van der Waals surface area contributed by atoms with Crippen LogP contribution in [0.5, 0.6) is 0 Å². The van der Waals surface area contributed by atoms with Crippen LogP contribution in [0.25, 0.3) is 0 Å². The molecule has 3 N–H and O–H groups in total. The van der Waals surface area contributed by atoms with Crippen LogP contribution in [0.2, 0.25) is 0 Å². The average Bonchev–Trinajstić information content (AvgIpc) is 2.66. The number of amides is 1. The molecule has 0 unspecified atom stereocenters. The molecule has 0 heterocycles. The summed E-state index contributed by atoms with van der Waals surface area (Å²) in [5.41, 5.74) is 6.24. The Labute approximate surface area is 157 Å². The van der Waals surface area contributed by atoms with Gasteiger partial charge in [-0.05, 0) is 25.1 Å². The van der Waals surface area contributed by atoms with E-state index >= 15 is 0 Å². The molecule has 0 fully saturated rings. The second kappa shape index (κ2) is 8.41. The second-order valence-corrected chi connectivity index (χ2v) is 6.34. The van der Waals surface area contributed by atoms with Crippen molar-refractivity contribution in [3.8, 4) is 0 Å². The number of nitrogens with zero attached hydrogens (tertiary/aromatic N) is 2. The minimum Gasteiger partial charge on any atom is -0.372 e. The van der Waals surface area contributed by atoms with Gasteiger partial charge in [-0.2, -0.15) is 0 Å². The maximum absolute atomic E-state index is 12.9. The molecular weight excluding hydrogens is 348 g/mol. The average molecular weight is 370 g/mol. The number of hydrogen-bond donors (Lipinski definition) is 2. The van der Waals surface area contributed by atoms with E-state index in [0.717, 1.165) is 0 Å².